The highest BCUT2D eigenvalue weighted by atomic mass is 15.3. The molecule has 2 aliphatic heterocycles. The molecule has 0 saturated heterocycles. The Bertz CT molecular complexity index is 554. The first-order valence-corrected chi connectivity index (χ1v) is 4.37. The second-order valence-corrected chi connectivity index (χ2v) is 3.07. The van der Waals surface area contributed by atoms with Gasteiger partial charge in [-0.3, -0.25) is 5.43 Å². The number of allylic oxidation sites excluding steroid dienone is 1. The maximum Gasteiger partial charge on any atom is 0.117 e. The second-order valence-electron chi connectivity index (χ2n) is 3.07. The maximum absolute atomic E-state index is 4.21. The highest BCUT2D eigenvalue weighted by Gasteiger charge is 2.08. The standard InChI is InChI=1S/C10H8N4/c1-2-7-3-4-8-10(12-6-11-8)9(7)14-13-5-1/h1-6,13-14H. The number of hydrogen-bond acceptors (Lipinski definition) is 4. The summed E-state index contributed by atoms with van der Waals surface area (Å²) in [5.74, 6) is 0. The van der Waals surface area contributed by atoms with Gasteiger partial charge in [0.25, 0.3) is 0 Å². The molecular weight excluding hydrogens is 176 g/mol. The molecule has 0 atom stereocenters. The first kappa shape index (κ1) is 7.32. The van der Waals surface area contributed by atoms with E-state index in [4.69, 9.17) is 0 Å². The minimum atomic E-state index is 0.898. The van der Waals surface area contributed by atoms with Crippen molar-refractivity contribution in [1.29, 1.82) is 0 Å². The lowest BCUT2D eigenvalue weighted by Gasteiger charge is -2.06. The molecule has 0 saturated carbocycles. The minimum Gasteiger partial charge on any atom is -0.308 e. The summed E-state index contributed by atoms with van der Waals surface area (Å²) in [4.78, 5) is 8.36. The van der Waals surface area contributed by atoms with Gasteiger partial charge in [-0.05, 0) is 12.1 Å². The van der Waals surface area contributed by atoms with E-state index in [0.29, 0.717) is 0 Å². The number of benzene rings is 1. The van der Waals surface area contributed by atoms with E-state index in [1.165, 1.54) is 0 Å². The average Bonchev–Trinajstić information content (AvgIpc) is 2.55. The van der Waals surface area contributed by atoms with E-state index in [-0.39, 0.29) is 0 Å². The zero-order chi connectivity index (χ0) is 9.38. The number of hydrogen-bond donors (Lipinski definition) is 2. The molecular formula is C10H8N4. The van der Waals surface area contributed by atoms with Crippen LogP contribution in [0.4, 0.5) is 11.4 Å². The van der Waals surface area contributed by atoms with Crippen LogP contribution >= 0.6 is 0 Å². The van der Waals surface area contributed by atoms with Gasteiger partial charge < -0.3 is 5.43 Å². The number of hydrazine groups is 1. The summed E-state index contributed by atoms with van der Waals surface area (Å²) >= 11 is 0. The van der Waals surface area contributed by atoms with Gasteiger partial charge in [-0.15, -0.1) is 0 Å². The van der Waals surface area contributed by atoms with Crippen LogP contribution in [0.25, 0.3) is 6.08 Å². The predicted molar refractivity (Wildman–Crippen MR) is 55.7 cm³/mol. The Morgan fingerprint density at radius 3 is 3.21 bits per heavy atom. The fourth-order valence-corrected chi connectivity index (χ4v) is 1.56. The van der Waals surface area contributed by atoms with Crippen LogP contribution in [-0.4, -0.2) is 6.34 Å². The molecule has 0 fully saturated rings. The first-order chi connectivity index (χ1) is 6.95. The normalized spacial score (nSPS) is 15.4. The number of anilines is 1. The van der Waals surface area contributed by atoms with E-state index in [9.17, 15) is 0 Å². The van der Waals surface area contributed by atoms with Gasteiger partial charge in [0.15, 0.2) is 0 Å². The third-order valence-electron chi connectivity index (χ3n) is 2.23. The predicted octanol–water partition coefficient (Wildman–Crippen LogP) is 0.204. The van der Waals surface area contributed by atoms with E-state index in [2.05, 4.69) is 20.8 Å². The summed E-state index contributed by atoms with van der Waals surface area (Å²) in [5.41, 5.74) is 7.91. The van der Waals surface area contributed by atoms with Crippen LogP contribution in [0.1, 0.15) is 0 Å². The molecule has 1 aromatic carbocycles. The fourth-order valence-electron chi connectivity index (χ4n) is 1.56. The maximum atomic E-state index is 4.21. The van der Waals surface area contributed by atoms with Crippen molar-refractivity contribution in [2.75, 3.05) is 5.43 Å². The Kier molecular flexibility index (Phi) is 1.41. The van der Waals surface area contributed by atoms with Crippen molar-refractivity contribution in [2.45, 2.75) is 0 Å². The second kappa shape index (κ2) is 2.70. The zero-order valence-electron chi connectivity index (χ0n) is 7.36. The molecule has 68 valence electrons. The van der Waals surface area contributed by atoms with Gasteiger partial charge in [0.05, 0.1) is 11.0 Å². The molecule has 0 aliphatic carbocycles. The number of rotatable bonds is 0. The lowest BCUT2D eigenvalue weighted by molar-refractivity contribution is 1.06. The summed E-state index contributed by atoms with van der Waals surface area (Å²) in [6, 6.07) is 4.00. The monoisotopic (exact) mass is 184 g/mol. The molecule has 14 heavy (non-hydrogen) atoms. The summed E-state index contributed by atoms with van der Waals surface area (Å²) in [5, 5.41) is 2.02. The highest BCUT2D eigenvalue weighted by molar-refractivity contribution is 5.77. The SMILES string of the molecule is C1=CNNc2c3c(ccc2=C1)=NC=N3. The van der Waals surface area contributed by atoms with Gasteiger partial charge >= 0.3 is 0 Å². The molecule has 2 aliphatic rings. The van der Waals surface area contributed by atoms with Gasteiger partial charge in [-0.1, -0.05) is 12.1 Å². The molecule has 0 unspecified atom stereocenters. The molecule has 4 heteroatoms. The van der Waals surface area contributed by atoms with Crippen molar-refractivity contribution < 1.29 is 0 Å². The molecule has 4 nitrogen and oxygen atoms in total. The van der Waals surface area contributed by atoms with Crippen LogP contribution in [0.15, 0.2) is 34.4 Å². The molecule has 2 N–H and O–H groups in total. The Hall–Kier alpha value is -2.10. The third kappa shape index (κ3) is 0.939. The summed E-state index contributed by atoms with van der Waals surface area (Å²) in [7, 11) is 0. The summed E-state index contributed by atoms with van der Waals surface area (Å²) < 4.78 is 0. The number of nitrogens with one attached hydrogen (secondary N) is 2. The molecule has 1 aromatic rings. The van der Waals surface area contributed by atoms with Crippen LogP contribution < -0.4 is 21.4 Å². The van der Waals surface area contributed by atoms with Gasteiger partial charge in [-0.25, -0.2) is 9.98 Å². The van der Waals surface area contributed by atoms with Crippen LogP contribution in [0.5, 0.6) is 0 Å². The Balaban J connectivity index is 2.39. The van der Waals surface area contributed by atoms with E-state index in [0.717, 1.165) is 22.0 Å². The Morgan fingerprint density at radius 1 is 1.21 bits per heavy atom. The summed E-state index contributed by atoms with van der Waals surface area (Å²) in [6.07, 6.45) is 7.38. The molecule has 0 spiro atoms. The van der Waals surface area contributed by atoms with Gasteiger partial charge in [-0.2, -0.15) is 0 Å². The average molecular weight is 184 g/mol. The number of fused-ring (bicyclic) bond motifs is 3. The molecule has 2 heterocycles. The van der Waals surface area contributed by atoms with E-state index >= 15 is 0 Å². The van der Waals surface area contributed by atoms with Crippen molar-refractivity contribution in [2.24, 2.45) is 9.98 Å². The van der Waals surface area contributed by atoms with Crippen molar-refractivity contribution in [1.82, 2.24) is 5.43 Å². The van der Waals surface area contributed by atoms with Crippen LogP contribution in [0.3, 0.4) is 0 Å². The number of nitrogens with zero attached hydrogens (tertiary/aromatic N) is 2. The molecule has 3 rings (SSSR count). The fraction of sp³-hybridized carbons (Fsp3) is 0. The molecule has 0 amide bonds. The van der Waals surface area contributed by atoms with Crippen molar-refractivity contribution in [3.05, 3.63) is 35.0 Å². The highest BCUT2D eigenvalue weighted by Crippen LogP contribution is 2.17. The van der Waals surface area contributed by atoms with E-state index in [1.807, 2.05) is 30.5 Å². The minimum absolute atomic E-state index is 0.898. The Morgan fingerprint density at radius 2 is 2.21 bits per heavy atom. The van der Waals surface area contributed by atoms with Crippen molar-refractivity contribution in [3.8, 4) is 0 Å². The van der Waals surface area contributed by atoms with Crippen LogP contribution in [-0.2, 0) is 0 Å². The van der Waals surface area contributed by atoms with E-state index < -0.39 is 0 Å². The topological polar surface area (TPSA) is 48.8 Å². The van der Waals surface area contributed by atoms with Gasteiger partial charge in [0, 0.05) is 11.4 Å². The summed E-state index contributed by atoms with van der Waals surface area (Å²) in [6.45, 7) is 0. The molecule has 0 aromatic heterocycles. The Labute approximate surface area is 80.4 Å². The van der Waals surface area contributed by atoms with Crippen LogP contribution in [0.2, 0.25) is 0 Å². The molecule has 0 bridgehead atoms. The van der Waals surface area contributed by atoms with Crippen LogP contribution in [0, 0.1) is 0 Å². The van der Waals surface area contributed by atoms with Gasteiger partial charge in [0.2, 0.25) is 0 Å². The smallest absolute Gasteiger partial charge is 0.117 e. The third-order valence-corrected chi connectivity index (χ3v) is 2.23. The van der Waals surface area contributed by atoms with Crippen molar-refractivity contribution in [3.63, 3.8) is 0 Å². The van der Waals surface area contributed by atoms with Gasteiger partial charge in [0.1, 0.15) is 12.0 Å². The largest absolute Gasteiger partial charge is 0.308 e. The lowest BCUT2D eigenvalue weighted by atomic mass is 10.2. The van der Waals surface area contributed by atoms with E-state index in [1.54, 1.807) is 6.34 Å². The van der Waals surface area contributed by atoms with Crippen molar-refractivity contribution >= 4 is 23.8 Å². The number of aliphatic imine (C=N–C) groups is 1. The first-order valence-electron chi connectivity index (χ1n) is 4.37. The lowest BCUT2D eigenvalue weighted by Crippen LogP contribution is -2.21. The quantitative estimate of drug-likeness (QED) is 0.605. The zero-order valence-corrected chi connectivity index (χ0v) is 7.36. The molecule has 0 radical (unpaired) electrons.